The molecule has 14 heavy (non-hydrogen) atoms. The van der Waals surface area contributed by atoms with Gasteiger partial charge in [0.25, 0.3) is 0 Å². The molecule has 0 aliphatic heterocycles. The van der Waals surface area contributed by atoms with Crippen molar-refractivity contribution >= 4 is 0 Å². The van der Waals surface area contributed by atoms with E-state index in [9.17, 15) is 0 Å². The Hall–Kier alpha value is -0.890. The highest BCUT2D eigenvalue weighted by molar-refractivity contribution is 5.31. The zero-order chi connectivity index (χ0) is 10.4. The predicted molar refractivity (Wildman–Crippen MR) is 58.2 cm³/mol. The van der Waals surface area contributed by atoms with Gasteiger partial charge in [-0.15, -0.1) is 0 Å². The lowest BCUT2D eigenvalue weighted by atomic mass is 9.76. The van der Waals surface area contributed by atoms with Crippen molar-refractivity contribution in [1.82, 2.24) is 4.98 Å². The molecular weight excluding hydrogens is 172 g/mol. The molecule has 1 fully saturated rings. The highest BCUT2D eigenvalue weighted by Crippen LogP contribution is 2.48. The summed E-state index contributed by atoms with van der Waals surface area (Å²) in [4.78, 5) is 4.33. The number of rotatable bonds is 2. The maximum Gasteiger partial charge on any atom is 0.0372 e. The van der Waals surface area contributed by atoms with Gasteiger partial charge in [0.2, 0.25) is 0 Å². The predicted octanol–water partition coefficient (Wildman–Crippen LogP) is 2.16. The molecule has 0 atom stereocenters. The SMILES string of the molecule is Cc1ccc(C(C)(C)C2(N)CC2)cn1. The Labute approximate surface area is 85.5 Å². The fraction of sp³-hybridized carbons (Fsp3) is 0.583. The second-order valence-electron chi connectivity index (χ2n) is 4.97. The van der Waals surface area contributed by atoms with Gasteiger partial charge in [-0.05, 0) is 31.4 Å². The van der Waals surface area contributed by atoms with Crippen LogP contribution in [0.3, 0.4) is 0 Å². The molecule has 1 aliphatic rings. The summed E-state index contributed by atoms with van der Waals surface area (Å²) in [6.45, 7) is 6.44. The van der Waals surface area contributed by atoms with Gasteiger partial charge >= 0.3 is 0 Å². The highest BCUT2D eigenvalue weighted by atomic mass is 14.9. The van der Waals surface area contributed by atoms with E-state index in [1.165, 1.54) is 5.56 Å². The molecule has 0 unspecified atom stereocenters. The standard InChI is InChI=1S/C12H18N2/c1-9-4-5-10(8-14-9)11(2,3)12(13)6-7-12/h4-5,8H,6-7,13H2,1-3H3. The molecule has 2 heteroatoms. The minimum atomic E-state index is 0.00391. The first-order valence-electron chi connectivity index (χ1n) is 5.18. The number of nitrogens with two attached hydrogens (primary N) is 1. The molecule has 2 rings (SSSR count). The summed E-state index contributed by atoms with van der Waals surface area (Å²) in [5.74, 6) is 0. The molecule has 0 saturated heterocycles. The maximum absolute atomic E-state index is 6.27. The Morgan fingerprint density at radius 1 is 1.36 bits per heavy atom. The zero-order valence-electron chi connectivity index (χ0n) is 9.17. The third-order valence-electron chi connectivity index (χ3n) is 3.67. The lowest BCUT2D eigenvalue weighted by molar-refractivity contribution is 0.390. The summed E-state index contributed by atoms with van der Waals surface area (Å²) in [6.07, 6.45) is 4.23. The minimum absolute atomic E-state index is 0.00391. The normalized spacial score (nSPS) is 19.4. The first-order valence-corrected chi connectivity index (χ1v) is 5.18. The Morgan fingerprint density at radius 2 is 2.00 bits per heavy atom. The minimum Gasteiger partial charge on any atom is -0.324 e. The van der Waals surface area contributed by atoms with E-state index < -0.39 is 0 Å². The zero-order valence-corrected chi connectivity index (χ0v) is 9.17. The smallest absolute Gasteiger partial charge is 0.0372 e. The van der Waals surface area contributed by atoms with Gasteiger partial charge in [0.15, 0.2) is 0 Å². The van der Waals surface area contributed by atoms with Crippen LogP contribution in [0, 0.1) is 6.92 Å². The number of pyridine rings is 1. The van der Waals surface area contributed by atoms with E-state index in [0.29, 0.717) is 0 Å². The summed E-state index contributed by atoms with van der Waals surface area (Å²) in [5.41, 5.74) is 8.63. The number of hydrogen-bond donors (Lipinski definition) is 1. The lowest BCUT2D eigenvalue weighted by Gasteiger charge is -2.32. The average molecular weight is 190 g/mol. The second-order valence-corrected chi connectivity index (χ2v) is 4.97. The monoisotopic (exact) mass is 190 g/mol. The topological polar surface area (TPSA) is 38.9 Å². The van der Waals surface area contributed by atoms with Crippen LogP contribution in [-0.2, 0) is 5.41 Å². The van der Waals surface area contributed by atoms with Crippen molar-refractivity contribution in [2.24, 2.45) is 5.73 Å². The highest BCUT2D eigenvalue weighted by Gasteiger charge is 2.51. The number of nitrogens with zero attached hydrogens (tertiary/aromatic N) is 1. The molecule has 1 saturated carbocycles. The summed E-state index contributed by atoms with van der Waals surface area (Å²) < 4.78 is 0. The molecule has 2 nitrogen and oxygen atoms in total. The largest absolute Gasteiger partial charge is 0.324 e. The van der Waals surface area contributed by atoms with E-state index in [2.05, 4.69) is 31.0 Å². The maximum atomic E-state index is 6.27. The van der Waals surface area contributed by atoms with E-state index in [-0.39, 0.29) is 11.0 Å². The van der Waals surface area contributed by atoms with Crippen molar-refractivity contribution in [1.29, 1.82) is 0 Å². The third kappa shape index (κ3) is 1.34. The van der Waals surface area contributed by atoms with Gasteiger partial charge in [-0.25, -0.2) is 0 Å². The molecule has 0 radical (unpaired) electrons. The Morgan fingerprint density at radius 3 is 2.43 bits per heavy atom. The van der Waals surface area contributed by atoms with Crippen LogP contribution in [0.1, 0.15) is 37.9 Å². The Kier molecular flexibility index (Phi) is 1.93. The number of aromatic nitrogens is 1. The summed E-state index contributed by atoms with van der Waals surface area (Å²) in [7, 11) is 0. The van der Waals surface area contributed by atoms with Crippen molar-refractivity contribution in [2.45, 2.75) is 44.6 Å². The fourth-order valence-electron chi connectivity index (χ4n) is 1.88. The molecule has 0 bridgehead atoms. The van der Waals surface area contributed by atoms with Crippen molar-refractivity contribution in [3.8, 4) is 0 Å². The van der Waals surface area contributed by atoms with Crippen LogP contribution in [-0.4, -0.2) is 10.5 Å². The molecule has 1 aromatic heterocycles. The van der Waals surface area contributed by atoms with Crippen LogP contribution in [0.5, 0.6) is 0 Å². The number of hydrogen-bond acceptors (Lipinski definition) is 2. The van der Waals surface area contributed by atoms with Gasteiger partial charge in [0, 0.05) is 22.8 Å². The lowest BCUT2D eigenvalue weighted by Crippen LogP contribution is -2.43. The van der Waals surface area contributed by atoms with Crippen molar-refractivity contribution in [3.05, 3.63) is 29.6 Å². The van der Waals surface area contributed by atoms with E-state index in [1.54, 1.807) is 0 Å². The van der Waals surface area contributed by atoms with Crippen LogP contribution < -0.4 is 5.73 Å². The van der Waals surface area contributed by atoms with Crippen molar-refractivity contribution in [2.75, 3.05) is 0 Å². The molecule has 0 spiro atoms. The molecule has 0 aromatic carbocycles. The summed E-state index contributed by atoms with van der Waals surface area (Å²) in [5, 5.41) is 0. The van der Waals surface area contributed by atoms with Crippen molar-refractivity contribution < 1.29 is 0 Å². The molecule has 1 aromatic rings. The molecule has 1 aliphatic carbocycles. The van der Waals surface area contributed by atoms with Crippen LogP contribution in [0.15, 0.2) is 18.3 Å². The molecular formula is C12H18N2. The molecule has 1 heterocycles. The average Bonchev–Trinajstić information content (AvgIpc) is 2.86. The van der Waals surface area contributed by atoms with Gasteiger partial charge in [0.1, 0.15) is 0 Å². The summed E-state index contributed by atoms with van der Waals surface area (Å²) in [6, 6.07) is 4.21. The fourth-order valence-corrected chi connectivity index (χ4v) is 1.88. The van der Waals surface area contributed by atoms with Crippen LogP contribution in [0.4, 0.5) is 0 Å². The van der Waals surface area contributed by atoms with Gasteiger partial charge in [-0.1, -0.05) is 19.9 Å². The van der Waals surface area contributed by atoms with Crippen LogP contribution >= 0.6 is 0 Å². The third-order valence-corrected chi connectivity index (χ3v) is 3.67. The van der Waals surface area contributed by atoms with E-state index >= 15 is 0 Å². The molecule has 76 valence electrons. The quantitative estimate of drug-likeness (QED) is 0.776. The van der Waals surface area contributed by atoms with Gasteiger partial charge < -0.3 is 5.73 Å². The molecule has 2 N–H and O–H groups in total. The van der Waals surface area contributed by atoms with Gasteiger partial charge in [0.05, 0.1) is 0 Å². The second kappa shape index (κ2) is 2.80. The van der Waals surface area contributed by atoms with E-state index in [0.717, 1.165) is 18.5 Å². The Bertz CT molecular complexity index is 334. The van der Waals surface area contributed by atoms with Crippen LogP contribution in [0.2, 0.25) is 0 Å². The molecule has 0 amide bonds. The number of aryl methyl sites for hydroxylation is 1. The first kappa shape index (κ1) is 9.66. The van der Waals surface area contributed by atoms with Crippen molar-refractivity contribution in [3.63, 3.8) is 0 Å². The van der Waals surface area contributed by atoms with Gasteiger partial charge in [-0.2, -0.15) is 0 Å². The Balaban J connectivity index is 2.34. The first-order chi connectivity index (χ1) is 6.46. The van der Waals surface area contributed by atoms with Crippen LogP contribution in [0.25, 0.3) is 0 Å². The summed E-state index contributed by atoms with van der Waals surface area (Å²) >= 11 is 0. The van der Waals surface area contributed by atoms with E-state index in [4.69, 9.17) is 5.73 Å². The van der Waals surface area contributed by atoms with Gasteiger partial charge in [-0.3, -0.25) is 4.98 Å². The van der Waals surface area contributed by atoms with E-state index in [1.807, 2.05) is 13.1 Å².